The van der Waals surface area contributed by atoms with E-state index in [1.54, 1.807) is 7.11 Å². The molecule has 0 aromatic heterocycles. The number of carbonyl (C=O) groups excluding carboxylic acids is 1. The Kier molecular flexibility index (Phi) is 5.33. The van der Waals surface area contributed by atoms with Crippen LogP contribution in [0, 0.1) is 0 Å². The lowest BCUT2D eigenvalue weighted by atomic mass is 10.1. The van der Waals surface area contributed by atoms with Gasteiger partial charge >= 0.3 is 5.97 Å². The summed E-state index contributed by atoms with van der Waals surface area (Å²) in [5.41, 5.74) is 2.03. The highest BCUT2D eigenvalue weighted by molar-refractivity contribution is 5.77. The normalized spacial score (nSPS) is 16.7. The number of methoxy groups -OCH3 is 1. The van der Waals surface area contributed by atoms with E-state index in [2.05, 4.69) is 5.32 Å². The van der Waals surface area contributed by atoms with Crippen LogP contribution in [-0.2, 0) is 22.7 Å². The van der Waals surface area contributed by atoms with Crippen LogP contribution in [0.4, 0.5) is 0 Å². The van der Waals surface area contributed by atoms with Crippen LogP contribution in [0.3, 0.4) is 0 Å². The minimum atomic E-state index is -0.252. The predicted molar refractivity (Wildman–Crippen MR) is 90.0 cm³/mol. The van der Waals surface area contributed by atoms with Gasteiger partial charge in [-0.2, -0.15) is 0 Å². The Labute approximate surface area is 141 Å². The SMILES string of the molecule is COc1cccc(CNC2CCOC2=O)c1OCc1ccccc1. The average Bonchev–Trinajstić information content (AvgIpc) is 3.04. The fraction of sp³-hybridized carbons (Fsp3) is 0.316. The molecule has 0 bridgehead atoms. The van der Waals surface area contributed by atoms with Crippen LogP contribution < -0.4 is 14.8 Å². The van der Waals surface area contributed by atoms with Crippen molar-refractivity contribution in [2.45, 2.75) is 25.6 Å². The summed E-state index contributed by atoms with van der Waals surface area (Å²) >= 11 is 0. The zero-order valence-electron chi connectivity index (χ0n) is 13.7. The molecule has 1 saturated heterocycles. The summed E-state index contributed by atoms with van der Waals surface area (Å²) in [5, 5.41) is 3.23. The Hall–Kier alpha value is -2.53. The number of benzene rings is 2. The number of ether oxygens (including phenoxy) is 3. The van der Waals surface area contributed by atoms with Gasteiger partial charge in [0.2, 0.25) is 0 Å². The molecule has 1 atom stereocenters. The summed E-state index contributed by atoms with van der Waals surface area (Å²) in [7, 11) is 1.62. The summed E-state index contributed by atoms with van der Waals surface area (Å²) in [5.74, 6) is 1.19. The maximum absolute atomic E-state index is 11.6. The molecule has 2 aromatic carbocycles. The molecule has 0 radical (unpaired) electrons. The maximum Gasteiger partial charge on any atom is 0.323 e. The Morgan fingerprint density at radius 2 is 2.00 bits per heavy atom. The lowest BCUT2D eigenvalue weighted by Crippen LogP contribution is -2.32. The van der Waals surface area contributed by atoms with Crippen LogP contribution in [0.25, 0.3) is 0 Å². The fourth-order valence-electron chi connectivity index (χ4n) is 2.67. The van der Waals surface area contributed by atoms with E-state index in [0.29, 0.717) is 37.7 Å². The third-order valence-corrected chi connectivity index (χ3v) is 3.98. The van der Waals surface area contributed by atoms with Gasteiger partial charge in [-0.05, 0) is 11.6 Å². The van der Waals surface area contributed by atoms with E-state index in [9.17, 15) is 4.79 Å². The number of hydrogen-bond acceptors (Lipinski definition) is 5. The van der Waals surface area contributed by atoms with Crippen molar-refractivity contribution < 1.29 is 19.0 Å². The van der Waals surface area contributed by atoms with Crippen molar-refractivity contribution >= 4 is 5.97 Å². The van der Waals surface area contributed by atoms with Crippen LogP contribution in [0.5, 0.6) is 11.5 Å². The summed E-state index contributed by atoms with van der Waals surface area (Å²) in [4.78, 5) is 11.6. The first-order valence-corrected chi connectivity index (χ1v) is 8.00. The first-order valence-electron chi connectivity index (χ1n) is 8.00. The molecular weight excluding hydrogens is 306 g/mol. The molecule has 1 aliphatic heterocycles. The molecule has 24 heavy (non-hydrogen) atoms. The van der Waals surface area contributed by atoms with Crippen molar-refractivity contribution in [3.63, 3.8) is 0 Å². The zero-order valence-corrected chi connectivity index (χ0v) is 13.7. The van der Waals surface area contributed by atoms with Crippen LogP contribution in [-0.4, -0.2) is 25.7 Å². The summed E-state index contributed by atoms with van der Waals surface area (Å²) < 4.78 is 16.4. The van der Waals surface area contributed by atoms with Crippen molar-refractivity contribution in [3.05, 3.63) is 59.7 Å². The van der Waals surface area contributed by atoms with Gasteiger partial charge in [-0.25, -0.2) is 0 Å². The molecule has 0 spiro atoms. The van der Waals surface area contributed by atoms with Crippen LogP contribution in [0.2, 0.25) is 0 Å². The van der Waals surface area contributed by atoms with E-state index >= 15 is 0 Å². The molecule has 2 aromatic rings. The Morgan fingerprint density at radius 3 is 2.71 bits per heavy atom. The van der Waals surface area contributed by atoms with Crippen molar-refractivity contribution in [1.82, 2.24) is 5.32 Å². The number of para-hydroxylation sites is 1. The van der Waals surface area contributed by atoms with Gasteiger partial charge in [-0.3, -0.25) is 4.79 Å². The molecule has 0 amide bonds. The topological polar surface area (TPSA) is 56.8 Å². The van der Waals surface area contributed by atoms with Gasteiger partial charge in [0.15, 0.2) is 11.5 Å². The number of carbonyl (C=O) groups is 1. The van der Waals surface area contributed by atoms with E-state index < -0.39 is 0 Å². The first-order chi connectivity index (χ1) is 11.8. The molecule has 1 unspecified atom stereocenters. The third-order valence-electron chi connectivity index (χ3n) is 3.98. The van der Waals surface area contributed by atoms with Crippen molar-refractivity contribution in [2.24, 2.45) is 0 Å². The second-order valence-electron chi connectivity index (χ2n) is 5.61. The Morgan fingerprint density at radius 1 is 1.17 bits per heavy atom. The average molecular weight is 327 g/mol. The van der Waals surface area contributed by atoms with Gasteiger partial charge < -0.3 is 19.5 Å². The predicted octanol–water partition coefficient (Wildman–Crippen LogP) is 2.68. The van der Waals surface area contributed by atoms with E-state index in [1.165, 1.54) is 0 Å². The number of nitrogens with one attached hydrogen (secondary N) is 1. The second-order valence-corrected chi connectivity index (χ2v) is 5.61. The summed E-state index contributed by atoms with van der Waals surface area (Å²) in [6, 6.07) is 15.5. The Balaban J connectivity index is 1.72. The summed E-state index contributed by atoms with van der Waals surface area (Å²) in [6.45, 7) is 1.45. The minimum Gasteiger partial charge on any atom is -0.493 e. The minimum absolute atomic E-state index is 0.190. The van der Waals surface area contributed by atoms with Gasteiger partial charge in [-0.1, -0.05) is 42.5 Å². The first kappa shape index (κ1) is 16.3. The standard InChI is InChI=1S/C19H21NO4/c1-22-17-9-5-8-15(12-20-16-10-11-23-19(16)21)18(17)24-13-14-6-3-2-4-7-14/h2-9,16,20H,10-13H2,1H3. The molecular formula is C19H21NO4. The summed E-state index contributed by atoms with van der Waals surface area (Å²) in [6.07, 6.45) is 0.697. The highest BCUT2D eigenvalue weighted by atomic mass is 16.5. The molecule has 1 aliphatic rings. The lowest BCUT2D eigenvalue weighted by Gasteiger charge is -2.16. The monoisotopic (exact) mass is 327 g/mol. The molecule has 0 aliphatic carbocycles. The molecule has 1 N–H and O–H groups in total. The molecule has 1 heterocycles. The Bertz CT molecular complexity index is 687. The molecule has 0 saturated carbocycles. The molecule has 5 nitrogen and oxygen atoms in total. The van der Waals surface area contributed by atoms with Gasteiger partial charge in [0.25, 0.3) is 0 Å². The van der Waals surface area contributed by atoms with Gasteiger partial charge in [0.05, 0.1) is 13.7 Å². The van der Waals surface area contributed by atoms with Crippen LogP contribution >= 0.6 is 0 Å². The van der Waals surface area contributed by atoms with Gasteiger partial charge in [0.1, 0.15) is 12.6 Å². The second kappa shape index (κ2) is 7.84. The van der Waals surface area contributed by atoms with Crippen LogP contribution in [0.15, 0.2) is 48.5 Å². The number of hydrogen-bond donors (Lipinski definition) is 1. The smallest absolute Gasteiger partial charge is 0.323 e. The van der Waals surface area contributed by atoms with Gasteiger partial charge in [0, 0.05) is 18.5 Å². The maximum atomic E-state index is 11.6. The van der Waals surface area contributed by atoms with E-state index in [-0.39, 0.29) is 12.0 Å². The van der Waals surface area contributed by atoms with Crippen molar-refractivity contribution in [2.75, 3.05) is 13.7 Å². The van der Waals surface area contributed by atoms with Crippen molar-refractivity contribution in [3.8, 4) is 11.5 Å². The molecule has 3 rings (SSSR count). The lowest BCUT2D eigenvalue weighted by molar-refractivity contribution is -0.139. The largest absolute Gasteiger partial charge is 0.493 e. The van der Waals surface area contributed by atoms with Crippen molar-refractivity contribution in [1.29, 1.82) is 0 Å². The zero-order chi connectivity index (χ0) is 16.8. The number of esters is 1. The highest BCUT2D eigenvalue weighted by Gasteiger charge is 2.26. The highest BCUT2D eigenvalue weighted by Crippen LogP contribution is 2.32. The van der Waals surface area contributed by atoms with E-state index in [4.69, 9.17) is 14.2 Å². The van der Waals surface area contributed by atoms with E-state index in [0.717, 1.165) is 11.1 Å². The number of rotatable bonds is 7. The fourth-order valence-corrected chi connectivity index (χ4v) is 2.67. The third kappa shape index (κ3) is 3.86. The van der Waals surface area contributed by atoms with Gasteiger partial charge in [-0.15, -0.1) is 0 Å². The van der Waals surface area contributed by atoms with Crippen LogP contribution in [0.1, 0.15) is 17.5 Å². The number of cyclic esters (lactones) is 1. The molecule has 126 valence electrons. The molecule has 1 fully saturated rings. The quantitative estimate of drug-likeness (QED) is 0.793. The molecule has 5 heteroatoms. The van der Waals surface area contributed by atoms with E-state index in [1.807, 2.05) is 48.5 Å².